The lowest BCUT2D eigenvalue weighted by atomic mass is 10.0. The number of rotatable bonds is 42. The van der Waals surface area contributed by atoms with Crippen molar-refractivity contribution in [3.8, 4) is 0 Å². The maximum Gasteiger partial charge on any atom is 0.356 e. The summed E-state index contributed by atoms with van der Waals surface area (Å²) < 4.78 is 28.5. The standard InChI is InChI=1S/C42H85O9P/c1-3-5-7-9-11-13-15-17-19-21-23-25-27-29-31-33-35-49-37-39(38-50-42(40(44)36-43)52(46,47)48)51-41(45)34-32-30-28-26-24-22-20-18-16-14-12-10-8-6-4-2/h39-40,42-44H,3-38H2,1-2H3,(H2,46,47,48)/t39-,40?,42?/m1/s1. The predicted octanol–water partition coefficient (Wildman–Crippen LogP) is 11.3. The Balaban J connectivity index is 4.18. The highest BCUT2D eigenvalue weighted by atomic mass is 31.2. The summed E-state index contributed by atoms with van der Waals surface area (Å²) >= 11 is 0. The smallest absolute Gasteiger partial charge is 0.356 e. The summed E-state index contributed by atoms with van der Waals surface area (Å²) in [7, 11) is -4.87. The van der Waals surface area contributed by atoms with Gasteiger partial charge < -0.3 is 34.2 Å². The first-order valence-electron chi connectivity index (χ1n) is 22.0. The minimum atomic E-state index is -4.87. The number of carbonyl (C=O) groups is 1. The van der Waals surface area contributed by atoms with E-state index in [9.17, 15) is 29.4 Å². The quantitative estimate of drug-likeness (QED) is 0.0271. The molecule has 0 aliphatic carbocycles. The third-order valence-electron chi connectivity index (χ3n) is 10.0. The molecule has 0 spiro atoms. The van der Waals surface area contributed by atoms with Crippen LogP contribution in [0.3, 0.4) is 0 Å². The molecule has 0 radical (unpaired) electrons. The molecular formula is C42H85O9P. The summed E-state index contributed by atoms with van der Waals surface area (Å²) in [6, 6.07) is 0. The Labute approximate surface area is 320 Å². The second kappa shape index (κ2) is 38.7. The number of hydrogen-bond acceptors (Lipinski definition) is 7. The molecule has 0 aromatic rings. The van der Waals surface area contributed by atoms with Crippen LogP contribution in [0.15, 0.2) is 0 Å². The van der Waals surface area contributed by atoms with Crippen molar-refractivity contribution < 1.29 is 43.6 Å². The largest absolute Gasteiger partial charge is 0.457 e. The number of hydrogen-bond donors (Lipinski definition) is 4. The Kier molecular flexibility index (Phi) is 38.3. The van der Waals surface area contributed by atoms with Crippen molar-refractivity contribution in [2.24, 2.45) is 0 Å². The minimum absolute atomic E-state index is 0.0342. The van der Waals surface area contributed by atoms with Crippen molar-refractivity contribution in [2.45, 2.75) is 237 Å². The van der Waals surface area contributed by atoms with Crippen molar-refractivity contribution in [3.05, 3.63) is 0 Å². The molecule has 10 heteroatoms. The summed E-state index contributed by atoms with van der Waals surface area (Å²) in [4.78, 5) is 31.8. The lowest BCUT2D eigenvalue weighted by Crippen LogP contribution is -2.37. The van der Waals surface area contributed by atoms with E-state index in [-0.39, 0.29) is 19.6 Å². The average molecular weight is 765 g/mol. The van der Waals surface area contributed by atoms with Gasteiger partial charge in [-0.1, -0.05) is 200 Å². The summed E-state index contributed by atoms with van der Waals surface area (Å²) in [6.45, 7) is 3.83. The molecule has 0 aromatic carbocycles. The molecule has 312 valence electrons. The van der Waals surface area contributed by atoms with Crippen LogP contribution in [0, 0.1) is 0 Å². The first-order chi connectivity index (χ1) is 25.3. The molecule has 2 unspecified atom stereocenters. The summed E-state index contributed by atoms with van der Waals surface area (Å²) in [5, 5.41) is 19.1. The van der Waals surface area contributed by atoms with E-state index in [1.165, 1.54) is 161 Å². The van der Waals surface area contributed by atoms with E-state index in [0.717, 1.165) is 38.5 Å². The Morgan fingerprint density at radius 1 is 0.538 bits per heavy atom. The van der Waals surface area contributed by atoms with Gasteiger partial charge in [-0.2, -0.15) is 0 Å². The zero-order chi connectivity index (χ0) is 38.4. The first kappa shape index (κ1) is 51.5. The number of esters is 1. The van der Waals surface area contributed by atoms with Crippen LogP contribution >= 0.6 is 7.60 Å². The predicted molar refractivity (Wildman–Crippen MR) is 215 cm³/mol. The van der Waals surface area contributed by atoms with Gasteiger partial charge in [0.15, 0.2) is 5.85 Å². The van der Waals surface area contributed by atoms with Gasteiger partial charge >= 0.3 is 13.6 Å². The molecule has 0 aliphatic heterocycles. The summed E-state index contributed by atoms with van der Waals surface area (Å²) in [5.41, 5.74) is 0. The van der Waals surface area contributed by atoms with Gasteiger partial charge in [0.25, 0.3) is 0 Å². The molecule has 4 N–H and O–H groups in total. The molecule has 52 heavy (non-hydrogen) atoms. The van der Waals surface area contributed by atoms with E-state index < -0.39 is 38.2 Å². The van der Waals surface area contributed by atoms with Crippen LogP contribution in [-0.2, 0) is 23.6 Å². The van der Waals surface area contributed by atoms with Crippen LogP contribution in [0.5, 0.6) is 0 Å². The lowest BCUT2D eigenvalue weighted by molar-refractivity contribution is -0.158. The van der Waals surface area contributed by atoms with Crippen molar-refractivity contribution >= 4 is 13.6 Å². The number of carbonyl (C=O) groups excluding carboxylic acids is 1. The Bertz CT molecular complexity index is 793. The van der Waals surface area contributed by atoms with Gasteiger partial charge in [-0.25, -0.2) is 0 Å². The number of aliphatic hydroxyl groups is 2. The summed E-state index contributed by atoms with van der Waals surface area (Å²) in [6.07, 6.45) is 36.9. The molecule has 0 aromatic heterocycles. The topological polar surface area (TPSA) is 143 Å². The average Bonchev–Trinajstić information content (AvgIpc) is 3.11. The molecule has 3 atom stereocenters. The highest BCUT2D eigenvalue weighted by Crippen LogP contribution is 2.43. The Morgan fingerprint density at radius 2 is 0.885 bits per heavy atom. The number of ether oxygens (including phenoxy) is 3. The normalized spacial score (nSPS) is 13.7. The molecule has 9 nitrogen and oxygen atoms in total. The monoisotopic (exact) mass is 765 g/mol. The minimum Gasteiger partial charge on any atom is -0.457 e. The zero-order valence-electron chi connectivity index (χ0n) is 34.0. The van der Waals surface area contributed by atoms with E-state index in [1.807, 2.05) is 0 Å². The van der Waals surface area contributed by atoms with Crippen molar-refractivity contribution in [2.75, 3.05) is 26.4 Å². The molecule has 0 bridgehead atoms. The van der Waals surface area contributed by atoms with Gasteiger partial charge in [0.2, 0.25) is 0 Å². The fourth-order valence-corrected chi connectivity index (χ4v) is 7.52. The fraction of sp³-hybridized carbons (Fsp3) is 0.976. The second-order valence-corrected chi connectivity index (χ2v) is 16.9. The molecule has 0 heterocycles. The van der Waals surface area contributed by atoms with E-state index in [2.05, 4.69) is 13.8 Å². The second-order valence-electron chi connectivity index (χ2n) is 15.3. The molecule has 0 rings (SSSR count). The first-order valence-corrected chi connectivity index (χ1v) is 23.7. The molecule has 0 amide bonds. The maximum absolute atomic E-state index is 12.6. The van der Waals surface area contributed by atoms with Gasteiger partial charge in [-0.05, 0) is 12.8 Å². The van der Waals surface area contributed by atoms with Gasteiger partial charge in [-0.15, -0.1) is 0 Å². The van der Waals surface area contributed by atoms with E-state index in [0.29, 0.717) is 6.61 Å². The van der Waals surface area contributed by atoms with Gasteiger partial charge in [-0.3, -0.25) is 9.36 Å². The SMILES string of the molecule is CCCCCCCCCCCCCCCCCCOC[C@H](COC(C(O)CO)P(=O)(O)O)OC(=O)CCCCCCCCCCCCCCCCC. The summed E-state index contributed by atoms with van der Waals surface area (Å²) in [5.74, 6) is -2.31. The Hall–Kier alpha value is -0.540. The Morgan fingerprint density at radius 3 is 1.23 bits per heavy atom. The zero-order valence-corrected chi connectivity index (χ0v) is 34.9. The van der Waals surface area contributed by atoms with E-state index >= 15 is 0 Å². The molecule has 0 fully saturated rings. The van der Waals surface area contributed by atoms with Crippen LogP contribution in [-0.4, -0.2) is 70.4 Å². The van der Waals surface area contributed by atoms with Gasteiger partial charge in [0.1, 0.15) is 12.2 Å². The van der Waals surface area contributed by atoms with Gasteiger partial charge in [0.05, 0.1) is 19.8 Å². The van der Waals surface area contributed by atoms with Crippen LogP contribution in [0.25, 0.3) is 0 Å². The third kappa shape index (κ3) is 35.2. The molecule has 0 saturated carbocycles. The van der Waals surface area contributed by atoms with Crippen molar-refractivity contribution in [1.29, 1.82) is 0 Å². The van der Waals surface area contributed by atoms with Crippen LogP contribution in [0.4, 0.5) is 0 Å². The molecular weight excluding hydrogens is 679 g/mol. The van der Waals surface area contributed by atoms with Crippen LogP contribution < -0.4 is 0 Å². The van der Waals surface area contributed by atoms with Crippen LogP contribution in [0.2, 0.25) is 0 Å². The van der Waals surface area contributed by atoms with Gasteiger partial charge in [0, 0.05) is 13.0 Å². The number of aliphatic hydroxyl groups excluding tert-OH is 2. The van der Waals surface area contributed by atoms with E-state index in [1.54, 1.807) is 0 Å². The molecule has 0 aliphatic rings. The fourth-order valence-electron chi connectivity index (χ4n) is 6.70. The highest BCUT2D eigenvalue weighted by molar-refractivity contribution is 7.52. The van der Waals surface area contributed by atoms with Crippen molar-refractivity contribution in [3.63, 3.8) is 0 Å². The van der Waals surface area contributed by atoms with Crippen LogP contribution in [0.1, 0.15) is 219 Å². The number of unbranched alkanes of at least 4 members (excludes halogenated alkanes) is 29. The lowest BCUT2D eigenvalue weighted by Gasteiger charge is -2.25. The maximum atomic E-state index is 12.6. The highest BCUT2D eigenvalue weighted by Gasteiger charge is 2.37. The van der Waals surface area contributed by atoms with E-state index in [4.69, 9.17) is 14.2 Å². The van der Waals surface area contributed by atoms with Crippen molar-refractivity contribution in [1.82, 2.24) is 0 Å². The third-order valence-corrected chi connectivity index (χ3v) is 11.2. The molecule has 0 saturated heterocycles.